The summed E-state index contributed by atoms with van der Waals surface area (Å²) in [6, 6.07) is 13.3. The SMILES string of the molecule is O=[N+]([O-])c1cccc(-c2ccc(O)c3ncccc23)c1. The molecule has 1 aromatic heterocycles. The Labute approximate surface area is 114 Å². The van der Waals surface area contributed by atoms with Gasteiger partial charge in [0.1, 0.15) is 11.3 Å². The number of hydrogen-bond acceptors (Lipinski definition) is 4. The number of nitrogens with zero attached hydrogens (tertiary/aromatic N) is 2. The largest absolute Gasteiger partial charge is 0.506 e. The van der Waals surface area contributed by atoms with Gasteiger partial charge in [-0.2, -0.15) is 0 Å². The third kappa shape index (κ3) is 1.95. The van der Waals surface area contributed by atoms with E-state index < -0.39 is 4.92 Å². The number of benzene rings is 2. The van der Waals surface area contributed by atoms with Crippen molar-refractivity contribution in [2.45, 2.75) is 0 Å². The third-order valence-corrected chi connectivity index (χ3v) is 3.12. The molecule has 2 aromatic carbocycles. The summed E-state index contributed by atoms with van der Waals surface area (Å²) in [5, 5.41) is 21.4. The molecule has 20 heavy (non-hydrogen) atoms. The minimum atomic E-state index is -0.426. The molecule has 5 heteroatoms. The van der Waals surface area contributed by atoms with E-state index in [2.05, 4.69) is 4.98 Å². The van der Waals surface area contributed by atoms with Gasteiger partial charge in [-0.15, -0.1) is 0 Å². The molecule has 0 saturated heterocycles. The Bertz CT molecular complexity index is 815. The van der Waals surface area contributed by atoms with Gasteiger partial charge in [0.25, 0.3) is 5.69 Å². The first-order chi connectivity index (χ1) is 9.66. The molecule has 0 aliphatic carbocycles. The minimum Gasteiger partial charge on any atom is -0.506 e. The normalized spacial score (nSPS) is 10.6. The average Bonchev–Trinajstić information content (AvgIpc) is 2.48. The molecule has 0 aliphatic heterocycles. The highest BCUT2D eigenvalue weighted by Gasteiger charge is 2.11. The van der Waals surface area contributed by atoms with Gasteiger partial charge >= 0.3 is 0 Å². The van der Waals surface area contributed by atoms with E-state index in [0.717, 1.165) is 16.5 Å². The van der Waals surface area contributed by atoms with Crippen LogP contribution in [0.2, 0.25) is 0 Å². The molecule has 0 amide bonds. The van der Waals surface area contributed by atoms with Gasteiger partial charge in [0.05, 0.1) is 4.92 Å². The fourth-order valence-electron chi connectivity index (χ4n) is 2.20. The standard InChI is InChI=1S/C15H10N2O3/c18-14-7-6-12(13-5-2-8-16-15(13)14)10-3-1-4-11(9-10)17(19)20/h1-9,18H. The summed E-state index contributed by atoms with van der Waals surface area (Å²) < 4.78 is 0. The van der Waals surface area contributed by atoms with Crippen LogP contribution in [0.1, 0.15) is 0 Å². The Hall–Kier alpha value is -2.95. The molecule has 0 unspecified atom stereocenters. The van der Waals surface area contributed by atoms with Gasteiger partial charge in [-0.3, -0.25) is 15.1 Å². The zero-order valence-electron chi connectivity index (χ0n) is 10.4. The summed E-state index contributed by atoms with van der Waals surface area (Å²) in [6.07, 6.45) is 1.60. The zero-order chi connectivity index (χ0) is 14.1. The smallest absolute Gasteiger partial charge is 0.270 e. The molecule has 1 N–H and O–H groups in total. The first kappa shape index (κ1) is 12.1. The van der Waals surface area contributed by atoms with E-state index in [1.54, 1.807) is 36.5 Å². The summed E-state index contributed by atoms with van der Waals surface area (Å²) in [6.45, 7) is 0. The predicted molar refractivity (Wildman–Crippen MR) is 75.5 cm³/mol. The number of hydrogen-bond donors (Lipinski definition) is 1. The predicted octanol–water partition coefficient (Wildman–Crippen LogP) is 3.52. The molecule has 0 spiro atoms. The van der Waals surface area contributed by atoms with Gasteiger partial charge in [0.15, 0.2) is 0 Å². The lowest BCUT2D eigenvalue weighted by atomic mass is 10.00. The summed E-state index contributed by atoms with van der Waals surface area (Å²) in [4.78, 5) is 14.6. The molecule has 0 atom stereocenters. The van der Waals surface area contributed by atoms with Crippen molar-refractivity contribution in [2.75, 3.05) is 0 Å². The molecule has 0 aliphatic rings. The minimum absolute atomic E-state index is 0.0348. The van der Waals surface area contributed by atoms with Crippen LogP contribution in [0.25, 0.3) is 22.0 Å². The Morgan fingerprint density at radius 3 is 2.75 bits per heavy atom. The van der Waals surface area contributed by atoms with Crippen LogP contribution < -0.4 is 0 Å². The van der Waals surface area contributed by atoms with E-state index in [0.29, 0.717) is 5.52 Å². The van der Waals surface area contributed by atoms with Crippen molar-refractivity contribution < 1.29 is 10.0 Å². The maximum atomic E-state index is 10.9. The molecule has 0 radical (unpaired) electrons. The molecule has 0 fully saturated rings. The van der Waals surface area contributed by atoms with Crippen LogP contribution in [0.5, 0.6) is 5.75 Å². The van der Waals surface area contributed by atoms with Crippen molar-refractivity contribution >= 4 is 16.6 Å². The molecule has 98 valence electrons. The van der Waals surface area contributed by atoms with Crippen LogP contribution in [0, 0.1) is 10.1 Å². The van der Waals surface area contributed by atoms with E-state index in [9.17, 15) is 15.2 Å². The topological polar surface area (TPSA) is 76.3 Å². The second-order valence-corrected chi connectivity index (χ2v) is 4.34. The Morgan fingerprint density at radius 2 is 1.95 bits per heavy atom. The third-order valence-electron chi connectivity index (χ3n) is 3.12. The maximum Gasteiger partial charge on any atom is 0.270 e. The van der Waals surface area contributed by atoms with Crippen LogP contribution >= 0.6 is 0 Å². The summed E-state index contributed by atoms with van der Waals surface area (Å²) in [5.74, 6) is 0.0924. The fourth-order valence-corrected chi connectivity index (χ4v) is 2.20. The lowest BCUT2D eigenvalue weighted by molar-refractivity contribution is -0.384. The number of aromatic nitrogens is 1. The molecule has 1 heterocycles. The van der Waals surface area contributed by atoms with Gasteiger partial charge < -0.3 is 5.11 Å². The van der Waals surface area contributed by atoms with Crippen LogP contribution in [0.3, 0.4) is 0 Å². The Morgan fingerprint density at radius 1 is 1.10 bits per heavy atom. The van der Waals surface area contributed by atoms with E-state index in [4.69, 9.17) is 0 Å². The summed E-state index contributed by atoms with van der Waals surface area (Å²) in [7, 11) is 0. The highest BCUT2D eigenvalue weighted by atomic mass is 16.6. The second kappa shape index (κ2) is 4.62. The molecular weight excluding hydrogens is 256 g/mol. The van der Waals surface area contributed by atoms with Crippen molar-refractivity contribution in [3.63, 3.8) is 0 Å². The van der Waals surface area contributed by atoms with Crippen molar-refractivity contribution in [2.24, 2.45) is 0 Å². The second-order valence-electron chi connectivity index (χ2n) is 4.34. The molecular formula is C15H10N2O3. The fraction of sp³-hybridized carbons (Fsp3) is 0. The number of non-ortho nitro benzene ring substituents is 1. The van der Waals surface area contributed by atoms with E-state index >= 15 is 0 Å². The van der Waals surface area contributed by atoms with Gasteiger partial charge in [-0.1, -0.05) is 18.2 Å². The van der Waals surface area contributed by atoms with Crippen LogP contribution in [-0.4, -0.2) is 15.0 Å². The van der Waals surface area contributed by atoms with Crippen molar-refractivity contribution in [1.29, 1.82) is 0 Å². The quantitative estimate of drug-likeness (QED) is 0.568. The zero-order valence-corrected chi connectivity index (χ0v) is 10.4. The number of fused-ring (bicyclic) bond motifs is 1. The van der Waals surface area contributed by atoms with Crippen molar-refractivity contribution in [1.82, 2.24) is 4.98 Å². The molecule has 0 bridgehead atoms. The number of nitro benzene ring substituents is 1. The Balaban J connectivity index is 2.27. The van der Waals surface area contributed by atoms with Gasteiger partial charge in [-0.05, 0) is 29.3 Å². The highest BCUT2D eigenvalue weighted by molar-refractivity contribution is 5.97. The number of aromatic hydroxyl groups is 1. The molecule has 3 rings (SSSR count). The maximum absolute atomic E-state index is 10.9. The summed E-state index contributed by atoms with van der Waals surface area (Å²) >= 11 is 0. The van der Waals surface area contributed by atoms with Crippen LogP contribution in [0.4, 0.5) is 5.69 Å². The molecule has 0 saturated carbocycles. The number of pyridine rings is 1. The van der Waals surface area contributed by atoms with E-state index in [1.807, 2.05) is 6.07 Å². The first-order valence-corrected chi connectivity index (χ1v) is 5.98. The lowest BCUT2D eigenvalue weighted by Gasteiger charge is -2.07. The number of nitro groups is 1. The molecule has 5 nitrogen and oxygen atoms in total. The molecule has 3 aromatic rings. The number of phenols is 1. The number of phenolic OH excluding ortho intramolecular Hbond substituents is 1. The van der Waals surface area contributed by atoms with E-state index in [1.165, 1.54) is 12.1 Å². The van der Waals surface area contributed by atoms with Gasteiger partial charge in [0, 0.05) is 23.7 Å². The monoisotopic (exact) mass is 266 g/mol. The Kier molecular flexibility index (Phi) is 2.80. The van der Waals surface area contributed by atoms with Crippen LogP contribution in [-0.2, 0) is 0 Å². The van der Waals surface area contributed by atoms with Crippen molar-refractivity contribution in [3.05, 3.63) is 64.8 Å². The van der Waals surface area contributed by atoms with Crippen molar-refractivity contribution in [3.8, 4) is 16.9 Å². The summed E-state index contributed by atoms with van der Waals surface area (Å²) in [5.41, 5.74) is 2.04. The van der Waals surface area contributed by atoms with Gasteiger partial charge in [-0.25, -0.2) is 0 Å². The van der Waals surface area contributed by atoms with Gasteiger partial charge in [0.2, 0.25) is 0 Å². The first-order valence-electron chi connectivity index (χ1n) is 5.98. The highest BCUT2D eigenvalue weighted by Crippen LogP contribution is 2.33. The average molecular weight is 266 g/mol. The lowest BCUT2D eigenvalue weighted by Crippen LogP contribution is -1.89. The number of rotatable bonds is 2. The van der Waals surface area contributed by atoms with Crippen LogP contribution in [0.15, 0.2) is 54.7 Å². The van der Waals surface area contributed by atoms with E-state index in [-0.39, 0.29) is 11.4 Å².